The number of phenolic OH excluding ortho intramolecular Hbond substituents is 2. The third-order valence-electron chi connectivity index (χ3n) is 7.15. The fourth-order valence-corrected chi connectivity index (χ4v) is 4.76. The van der Waals surface area contributed by atoms with E-state index < -0.39 is 85.7 Å². The van der Waals surface area contributed by atoms with Crippen molar-refractivity contribution in [2.24, 2.45) is 0 Å². The number of hydrogen-bond donors (Lipinski definition) is 7. The van der Waals surface area contributed by atoms with Crippen molar-refractivity contribution in [3.05, 3.63) is 52.7 Å². The molecule has 0 aliphatic carbocycles. The highest BCUT2D eigenvalue weighted by molar-refractivity contribution is 5.86. The number of rotatable bonds is 8. The topological polar surface area (TPSA) is 235 Å². The number of ether oxygens (including phenoxy) is 5. The zero-order valence-electron chi connectivity index (χ0n) is 22.6. The van der Waals surface area contributed by atoms with Crippen LogP contribution in [-0.2, 0) is 23.7 Å². The van der Waals surface area contributed by atoms with Gasteiger partial charge in [0.25, 0.3) is 0 Å². The molecule has 2 aliphatic heterocycles. The minimum atomic E-state index is -2.06. The molecule has 1 aromatic heterocycles. The van der Waals surface area contributed by atoms with E-state index in [0.717, 1.165) is 13.0 Å². The van der Waals surface area contributed by atoms with Gasteiger partial charge in [0.05, 0.1) is 13.2 Å². The Hall–Kier alpha value is -3.80. The van der Waals surface area contributed by atoms with Crippen molar-refractivity contribution < 1.29 is 68.6 Å². The number of carbonyl (C=O) groups is 1. The standard InChI is InChI=1S/C28H30O15/c1-12(30)38-9-20-22(34)23(35)24(43-27-25(36)28(37,10-29)11-39-27)26(42-20)40-15-6-16(32)21-17(33)8-18(41-19(21)7-15)13-2-4-14(31)5-3-13/h2-8,20,22-27,29,31-32,34-37H,9-11H2,1H3. The molecule has 232 valence electrons. The van der Waals surface area contributed by atoms with Crippen LogP contribution in [0.15, 0.2) is 51.7 Å². The summed E-state index contributed by atoms with van der Waals surface area (Å²) in [5.74, 6) is -1.24. The second-order valence-electron chi connectivity index (χ2n) is 10.3. The Morgan fingerprint density at radius 1 is 1.05 bits per heavy atom. The van der Waals surface area contributed by atoms with Gasteiger partial charge in [-0.1, -0.05) is 0 Å². The summed E-state index contributed by atoms with van der Waals surface area (Å²) in [6.45, 7) is -0.729. The monoisotopic (exact) mass is 606 g/mol. The van der Waals surface area contributed by atoms with Crippen LogP contribution in [0.25, 0.3) is 22.3 Å². The van der Waals surface area contributed by atoms with Crippen molar-refractivity contribution >= 4 is 16.9 Å². The predicted molar refractivity (Wildman–Crippen MR) is 142 cm³/mol. The normalized spacial score (nSPS) is 30.8. The first-order valence-electron chi connectivity index (χ1n) is 13.1. The number of aliphatic hydroxyl groups excluding tert-OH is 4. The van der Waals surface area contributed by atoms with Crippen LogP contribution in [0.1, 0.15) is 6.92 Å². The van der Waals surface area contributed by atoms with E-state index in [2.05, 4.69) is 0 Å². The number of benzene rings is 2. The molecule has 2 aromatic carbocycles. The molecular weight excluding hydrogens is 576 g/mol. The number of fused-ring (bicyclic) bond motifs is 1. The minimum absolute atomic E-state index is 0.000321. The molecule has 3 aromatic rings. The maximum absolute atomic E-state index is 12.8. The summed E-state index contributed by atoms with van der Waals surface area (Å²) in [5.41, 5.74) is -2.28. The van der Waals surface area contributed by atoms with Gasteiger partial charge in [-0.25, -0.2) is 0 Å². The molecule has 8 atom stereocenters. The summed E-state index contributed by atoms with van der Waals surface area (Å²) in [6.07, 6.45) is -11.4. The lowest BCUT2D eigenvalue weighted by atomic mass is 9.98. The zero-order chi connectivity index (χ0) is 31.1. The first-order chi connectivity index (χ1) is 20.4. The van der Waals surface area contributed by atoms with Gasteiger partial charge in [0.15, 0.2) is 17.8 Å². The van der Waals surface area contributed by atoms with Crippen LogP contribution >= 0.6 is 0 Å². The number of carbonyl (C=O) groups excluding carboxylic acids is 1. The summed E-state index contributed by atoms with van der Waals surface area (Å²) in [7, 11) is 0. The van der Waals surface area contributed by atoms with E-state index >= 15 is 0 Å². The van der Waals surface area contributed by atoms with Crippen molar-refractivity contribution in [3.63, 3.8) is 0 Å². The van der Waals surface area contributed by atoms with Gasteiger partial charge in [-0.3, -0.25) is 9.59 Å². The smallest absolute Gasteiger partial charge is 0.302 e. The molecule has 0 radical (unpaired) electrons. The first kappa shape index (κ1) is 30.7. The average molecular weight is 607 g/mol. The predicted octanol–water partition coefficient (Wildman–Crippen LogP) is -0.914. The molecule has 2 aliphatic rings. The van der Waals surface area contributed by atoms with Gasteiger partial charge in [-0.2, -0.15) is 0 Å². The van der Waals surface area contributed by atoms with Gasteiger partial charge in [-0.15, -0.1) is 0 Å². The lowest BCUT2D eigenvalue weighted by Crippen LogP contribution is -2.62. The highest BCUT2D eigenvalue weighted by atomic mass is 16.8. The fourth-order valence-electron chi connectivity index (χ4n) is 4.76. The Balaban J connectivity index is 1.48. The maximum Gasteiger partial charge on any atom is 0.302 e. The molecule has 7 N–H and O–H groups in total. The molecule has 5 rings (SSSR count). The highest BCUT2D eigenvalue weighted by Crippen LogP contribution is 2.35. The molecule has 8 unspecified atom stereocenters. The van der Waals surface area contributed by atoms with Crippen LogP contribution in [0.4, 0.5) is 0 Å². The molecule has 15 heteroatoms. The maximum atomic E-state index is 12.8. The molecule has 0 saturated carbocycles. The van der Waals surface area contributed by atoms with Crippen molar-refractivity contribution in [2.75, 3.05) is 19.8 Å². The van der Waals surface area contributed by atoms with Gasteiger partial charge < -0.3 is 63.8 Å². The van der Waals surface area contributed by atoms with Gasteiger partial charge in [0.1, 0.15) is 70.6 Å². The quantitative estimate of drug-likeness (QED) is 0.154. The number of aromatic hydroxyl groups is 2. The summed E-state index contributed by atoms with van der Waals surface area (Å²) in [4.78, 5) is 24.2. The third kappa shape index (κ3) is 6.15. The fraction of sp³-hybridized carbons (Fsp3) is 0.429. The second-order valence-corrected chi connectivity index (χ2v) is 10.3. The van der Waals surface area contributed by atoms with E-state index in [9.17, 15) is 45.3 Å². The summed E-state index contributed by atoms with van der Waals surface area (Å²) in [6, 6.07) is 9.33. The minimum Gasteiger partial charge on any atom is -0.508 e. The molecule has 0 spiro atoms. The highest BCUT2D eigenvalue weighted by Gasteiger charge is 2.53. The Morgan fingerprint density at radius 2 is 1.77 bits per heavy atom. The van der Waals surface area contributed by atoms with Crippen LogP contribution in [-0.4, -0.2) is 110 Å². The van der Waals surface area contributed by atoms with Crippen molar-refractivity contribution in [1.82, 2.24) is 0 Å². The Morgan fingerprint density at radius 3 is 2.42 bits per heavy atom. The zero-order valence-corrected chi connectivity index (χ0v) is 22.6. The van der Waals surface area contributed by atoms with Crippen LogP contribution < -0.4 is 10.2 Å². The largest absolute Gasteiger partial charge is 0.508 e. The van der Waals surface area contributed by atoms with Crippen molar-refractivity contribution in [2.45, 2.75) is 55.6 Å². The Bertz CT molecular complexity index is 1520. The molecule has 15 nitrogen and oxygen atoms in total. The van der Waals surface area contributed by atoms with Gasteiger partial charge in [0, 0.05) is 30.7 Å². The lowest BCUT2D eigenvalue weighted by Gasteiger charge is -2.42. The third-order valence-corrected chi connectivity index (χ3v) is 7.15. The lowest BCUT2D eigenvalue weighted by molar-refractivity contribution is -0.319. The van der Waals surface area contributed by atoms with Crippen LogP contribution in [0.3, 0.4) is 0 Å². The van der Waals surface area contributed by atoms with Crippen LogP contribution in [0.5, 0.6) is 17.2 Å². The molecular formula is C28H30O15. The van der Waals surface area contributed by atoms with Gasteiger partial charge in [0.2, 0.25) is 6.29 Å². The van der Waals surface area contributed by atoms with Crippen LogP contribution in [0.2, 0.25) is 0 Å². The number of aliphatic hydroxyl groups is 5. The van der Waals surface area contributed by atoms with E-state index in [1.807, 2.05) is 0 Å². The van der Waals surface area contributed by atoms with Crippen molar-refractivity contribution in [1.29, 1.82) is 0 Å². The van der Waals surface area contributed by atoms with Crippen LogP contribution in [0, 0.1) is 0 Å². The SMILES string of the molecule is CC(=O)OCC1OC(Oc2cc(O)c3c(=O)cc(-c4ccc(O)cc4)oc3c2)C(OC2OCC(O)(CO)C2O)C(O)C1O. The summed E-state index contributed by atoms with van der Waals surface area (Å²) in [5, 5.41) is 71.9. The molecule has 2 saturated heterocycles. The molecule has 3 heterocycles. The molecule has 0 amide bonds. The first-order valence-corrected chi connectivity index (χ1v) is 13.1. The molecule has 43 heavy (non-hydrogen) atoms. The van der Waals surface area contributed by atoms with E-state index in [4.69, 9.17) is 28.1 Å². The Kier molecular flexibility index (Phi) is 8.60. The van der Waals surface area contributed by atoms with Crippen molar-refractivity contribution in [3.8, 4) is 28.6 Å². The Labute approximate surface area is 242 Å². The van der Waals surface area contributed by atoms with Gasteiger partial charge in [-0.05, 0) is 24.3 Å². The average Bonchev–Trinajstić information content (AvgIpc) is 3.25. The van der Waals surface area contributed by atoms with E-state index in [-0.39, 0.29) is 28.2 Å². The van der Waals surface area contributed by atoms with Gasteiger partial charge >= 0.3 is 5.97 Å². The summed E-state index contributed by atoms with van der Waals surface area (Å²) < 4.78 is 33.3. The van der Waals surface area contributed by atoms with E-state index in [1.54, 1.807) is 0 Å². The van der Waals surface area contributed by atoms with E-state index in [1.165, 1.54) is 36.4 Å². The number of phenols is 2. The summed E-state index contributed by atoms with van der Waals surface area (Å²) >= 11 is 0. The van der Waals surface area contributed by atoms with E-state index in [0.29, 0.717) is 5.56 Å². The molecule has 2 fully saturated rings. The molecule has 0 bridgehead atoms. The second kappa shape index (κ2) is 12.1. The number of hydrogen-bond acceptors (Lipinski definition) is 15. The number of esters is 1.